The van der Waals surface area contributed by atoms with E-state index in [2.05, 4.69) is 40.1 Å². The van der Waals surface area contributed by atoms with Crippen LogP contribution in [0.3, 0.4) is 0 Å². The molecule has 0 saturated carbocycles. The van der Waals surface area contributed by atoms with Crippen LogP contribution in [-0.4, -0.2) is 17.4 Å². The Morgan fingerprint density at radius 1 is 1.50 bits per heavy atom. The van der Waals surface area contributed by atoms with Gasteiger partial charge in [-0.15, -0.1) is 0 Å². The highest BCUT2D eigenvalue weighted by Gasteiger charge is 2.06. The number of carbonyl (C=O) groups is 1. The van der Waals surface area contributed by atoms with Crippen molar-refractivity contribution in [3.05, 3.63) is 22.4 Å². The second kappa shape index (κ2) is 6.74. The molecule has 3 nitrogen and oxygen atoms in total. The lowest BCUT2D eigenvalue weighted by atomic mass is 10.1. The molecule has 0 aromatic carbocycles. The van der Waals surface area contributed by atoms with E-state index in [1.165, 1.54) is 12.8 Å². The van der Waals surface area contributed by atoms with Gasteiger partial charge in [0.2, 0.25) is 0 Å². The van der Waals surface area contributed by atoms with Crippen LogP contribution in [0.25, 0.3) is 0 Å². The Labute approximate surface area is 105 Å². The van der Waals surface area contributed by atoms with Crippen molar-refractivity contribution in [2.75, 3.05) is 6.54 Å². The number of nitrogens with one attached hydrogen (secondary N) is 2. The van der Waals surface area contributed by atoms with Crippen molar-refractivity contribution in [1.29, 1.82) is 0 Å². The van der Waals surface area contributed by atoms with Gasteiger partial charge in [0, 0.05) is 17.2 Å². The van der Waals surface area contributed by atoms with Gasteiger partial charge >= 0.3 is 0 Å². The number of amides is 1. The van der Waals surface area contributed by atoms with Gasteiger partial charge < -0.3 is 10.3 Å². The van der Waals surface area contributed by atoms with E-state index in [1.807, 2.05) is 0 Å². The quantitative estimate of drug-likeness (QED) is 0.774. The van der Waals surface area contributed by atoms with Crippen molar-refractivity contribution in [3.8, 4) is 0 Å². The van der Waals surface area contributed by atoms with E-state index in [-0.39, 0.29) is 5.91 Å². The third-order valence-electron chi connectivity index (χ3n) is 2.39. The Bertz CT molecular complexity index is 334. The van der Waals surface area contributed by atoms with E-state index in [9.17, 15) is 4.79 Å². The van der Waals surface area contributed by atoms with Crippen molar-refractivity contribution < 1.29 is 4.79 Å². The summed E-state index contributed by atoms with van der Waals surface area (Å²) in [5.41, 5.74) is 0.607. The molecule has 0 fully saturated rings. The van der Waals surface area contributed by atoms with Gasteiger partial charge in [-0.25, -0.2) is 0 Å². The number of carbonyl (C=O) groups excluding carboxylic acids is 1. The lowest BCUT2D eigenvalue weighted by molar-refractivity contribution is 0.0948. The summed E-state index contributed by atoms with van der Waals surface area (Å²) >= 11 is 3.30. The van der Waals surface area contributed by atoms with Crippen molar-refractivity contribution >= 4 is 21.8 Å². The number of aromatic nitrogens is 1. The minimum atomic E-state index is -0.0322. The Kier molecular flexibility index (Phi) is 5.60. The summed E-state index contributed by atoms with van der Waals surface area (Å²) in [7, 11) is 0. The Hall–Kier alpha value is -0.770. The molecule has 0 bridgehead atoms. The number of rotatable bonds is 6. The molecule has 90 valence electrons. The topological polar surface area (TPSA) is 44.9 Å². The van der Waals surface area contributed by atoms with Crippen LogP contribution in [0.15, 0.2) is 16.7 Å². The van der Waals surface area contributed by atoms with Crippen LogP contribution in [0.2, 0.25) is 0 Å². The summed E-state index contributed by atoms with van der Waals surface area (Å²) in [6.45, 7) is 5.19. The maximum Gasteiger partial charge on any atom is 0.267 e. The predicted molar refractivity (Wildman–Crippen MR) is 69.5 cm³/mol. The fourth-order valence-electron chi connectivity index (χ4n) is 1.47. The number of hydrogen-bond donors (Lipinski definition) is 2. The first-order valence-electron chi connectivity index (χ1n) is 5.71. The van der Waals surface area contributed by atoms with Gasteiger partial charge in [0.25, 0.3) is 5.91 Å². The van der Waals surface area contributed by atoms with Crippen LogP contribution >= 0.6 is 15.9 Å². The third kappa shape index (κ3) is 4.84. The molecule has 0 aliphatic carbocycles. The zero-order chi connectivity index (χ0) is 12.0. The van der Waals surface area contributed by atoms with E-state index < -0.39 is 0 Å². The minimum Gasteiger partial charge on any atom is -0.356 e. The van der Waals surface area contributed by atoms with Gasteiger partial charge in [-0.05, 0) is 34.3 Å². The van der Waals surface area contributed by atoms with E-state index in [4.69, 9.17) is 0 Å². The molecule has 4 heteroatoms. The van der Waals surface area contributed by atoms with Gasteiger partial charge in [-0.2, -0.15) is 0 Å². The van der Waals surface area contributed by atoms with E-state index >= 15 is 0 Å². The van der Waals surface area contributed by atoms with Gasteiger partial charge in [0.05, 0.1) is 0 Å². The monoisotopic (exact) mass is 286 g/mol. The molecular formula is C12H19BrN2O. The molecule has 1 rings (SSSR count). The number of unbranched alkanes of at least 4 members (excludes halogenated alkanes) is 1. The highest BCUT2D eigenvalue weighted by molar-refractivity contribution is 9.10. The zero-order valence-electron chi connectivity index (χ0n) is 9.85. The van der Waals surface area contributed by atoms with Crippen molar-refractivity contribution in [2.24, 2.45) is 5.92 Å². The third-order valence-corrected chi connectivity index (χ3v) is 2.84. The lowest BCUT2D eigenvalue weighted by Crippen LogP contribution is -2.24. The molecule has 16 heavy (non-hydrogen) atoms. The highest BCUT2D eigenvalue weighted by atomic mass is 79.9. The fraction of sp³-hybridized carbons (Fsp3) is 0.583. The Balaban J connectivity index is 2.16. The number of aromatic amines is 1. The van der Waals surface area contributed by atoms with Crippen LogP contribution in [0.4, 0.5) is 0 Å². The zero-order valence-corrected chi connectivity index (χ0v) is 11.4. The van der Waals surface area contributed by atoms with Gasteiger partial charge in [-0.1, -0.05) is 26.7 Å². The molecule has 0 spiro atoms. The normalized spacial score (nSPS) is 10.8. The lowest BCUT2D eigenvalue weighted by Gasteiger charge is -2.05. The first kappa shape index (κ1) is 13.3. The molecule has 0 unspecified atom stereocenters. The average molecular weight is 287 g/mol. The van der Waals surface area contributed by atoms with Crippen molar-refractivity contribution in [1.82, 2.24) is 10.3 Å². The number of hydrogen-bond acceptors (Lipinski definition) is 1. The maximum absolute atomic E-state index is 11.6. The van der Waals surface area contributed by atoms with Crippen LogP contribution in [0.1, 0.15) is 43.6 Å². The Morgan fingerprint density at radius 2 is 2.25 bits per heavy atom. The van der Waals surface area contributed by atoms with E-state index in [0.717, 1.165) is 23.4 Å². The molecule has 0 radical (unpaired) electrons. The first-order chi connectivity index (χ1) is 7.59. The minimum absolute atomic E-state index is 0.0322. The van der Waals surface area contributed by atoms with Crippen LogP contribution in [0.5, 0.6) is 0 Å². The average Bonchev–Trinajstić information content (AvgIpc) is 2.63. The summed E-state index contributed by atoms with van der Waals surface area (Å²) in [5, 5.41) is 2.89. The van der Waals surface area contributed by atoms with Crippen LogP contribution < -0.4 is 5.32 Å². The van der Waals surface area contributed by atoms with Crippen LogP contribution in [0, 0.1) is 5.92 Å². The molecular weight excluding hydrogens is 268 g/mol. The largest absolute Gasteiger partial charge is 0.356 e. The second-order valence-electron chi connectivity index (χ2n) is 4.38. The van der Waals surface area contributed by atoms with Crippen molar-refractivity contribution in [3.63, 3.8) is 0 Å². The molecule has 0 aliphatic heterocycles. The van der Waals surface area contributed by atoms with Gasteiger partial charge in [0.1, 0.15) is 5.69 Å². The Morgan fingerprint density at radius 3 is 2.81 bits per heavy atom. The molecule has 1 aromatic rings. The predicted octanol–water partition coefficient (Wildman–Crippen LogP) is 3.33. The number of halogens is 1. The summed E-state index contributed by atoms with van der Waals surface area (Å²) < 4.78 is 0.900. The smallest absolute Gasteiger partial charge is 0.267 e. The van der Waals surface area contributed by atoms with Gasteiger partial charge in [0.15, 0.2) is 0 Å². The summed E-state index contributed by atoms with van der Waals surface area (Å²) in [6.07, 6.45) is 5.20. The SMILES string of the molecule is CC(C)CCCCNC(=O)c1cc(Br)c[nH]1. The molecule has 0 saturated heterocycles. The fourth-order valence-corrected chi connectivity index (χ4v) is 1.82. The standard InChI is InChI=1S/C12H19BrN2O/c1-9(2)5-3-4-6-14-12(16)11-7-10(13)8-15-11/h7-9,15H,3-6H2,1-2H3,(H,14,16). The summed E-state index contributed by atoms with van der Waals surface area (Å²) in [4.78, 5) is 14.5. The summed E-state index contributed by atoms with van der Waals surface area (Å²) in [6, 6.07) is 1.78. The molecule has 2 N–H and O–H groups in total. The highest BCUT2D eigenvalue weighted by Crippen LogP contribution is 2.10. The molecule has 1 aromatic heterocycles. The van der Waals surface area contributed by atoms with E-state index in [0.29, 0.717) is 5.69 Å². The maximum atomic E-state index is 11.6. The molecule has 0 aliphatic rings. The number of H-pyrrole nitrogens is 1. The molecule has 0 atom stereocenters. The first-order valence-corrected chi connectivity index (χ1v) is 6.51. The van der Waals surface area contributed by atoms with Gasteiger partial charge in [-0.3, -0.25) is 4.79 Å². The second-order valence-corrected chi connectivity index (χ2v) is 5.29. The van der Waals surface area contributed by atoms with E-state index in [1.54, 1.807) is 12.3 Å². The van der Waals surface area contributed by atoms with Crippen molar-refractivity contribution in [2.45, 2.75) is 33.1 Å². The van der Waals surface area contributed by atoms with Crippen LogP contribution in [-0.2, 0) is 0 Å². The molecule has 1 heterocycles. The molecule has 1 amide bonds. The summed E-state index contributed by atoms with van der Waals surface area (Å²) in [5.74, 6) is 0.713.